The summed E-state index contributed by atoms with van der Waals surface area (Å²) in [6.45, 7) is 3.02. The molecule has 2 N–H and O–H groups in total. The summed E-state index contributed by atoms with van der Waals surface area (Å²) in [4.78, 5) is 22.6. The minimum atomic E-state index is -0.470. The van der Waals surface area contributed by atoms with Gasteiger partial charge in [-0.15, -0.1) is 0 Å². The molecule has 162 valence electrons. The average Bonchev–Trinajstić information content (AvgIpc) is 3.29. The highest BCUT2D eigenvalue weighted by molar-refractivity contribution is 5.92. The Morgan fingerprint density at radius 1 is 1.35 bits per heavy atom. The van der Waals surface area contributed by atoms with E-state index in [9.17, 15) is 14.3 Å². The third-order valence-electron chi connectivity index (χ3n) is 5.67. The summed E-state index contributed by atoms with van der Waals surface area (Å²) in [5.74, 6) is 0.0550. The number of nitrogens with one attached hydrogen (secondary N) is 1. The lowest BCUT2D eigenvalue weighted by molar-refractivity contribution is 0.0785. The van der Waals surface area contributed by atoms with Crippen LogP contribution >= 0.6 is 0 Å². The fourth-order valence-electron chi connectivity index (χ4n) is 3.99. The number of carbonyl (C=O) groups is 1. The predicted octanol–water partition coefficient (Wildman–Crippen LogP) is 2.97. The van der Waals surface area contributed by atoms with E-state index >= 15 is 0 Å². The number of pyridine rings is 1. The van der Waals surface area contributed by atoms with E-state index in [1.165, 1.54) is 12.1 Å². The van der Waals surface area contributed by atoms with E-state index in [2.05, 4.69) is 15.3 Å². The number of ether oxygens (including phenoxy) is 1. The summed E-state index contributed by atoms with van der Waals surface area (Å²) in [5, 5.41) is 12.9. The number of halogens is 1. The van der Waals surface area contributed by atoms with Crippen LogP contribution in [-0.2, 0) is 6.61 Å². The van der Waals surface area contributed by atoms with Crippen molar-refractivity contribution in [3.8, 4) is 5.75 Å². The van der Waals surface area contributed by atoms with Crippen molar-refractivity contribution in [1.29, 1.82) is 0 Å². The Balaban J connectivity index is 1.46. The summed E-state index contributed by atoms with van der Waals surface area (Å²) < 4.78 is 19.1. The van der Waals surface area contributed by atoms with Crippen LogP contribution in [0.25, 0.3) is 0 Å². The first-order chi connectivity index (χ1) is 15.1. The number of aliphatic hydroxyl groups is 1. The Bertz CT molecular complexity index is 1010. The summed E-state index contributed by atoms with van der Waals surface area (Å²) in [5.41, 5.74) is 3.04. The monoisotopic (exact) mass is 424 g/mol. The molecule has 4 rings (SSSR count). The summed E-state index contributed by atoms with van der Waals surface area (Å²) >= 11 is 0. The average molecular weight is 424 g/mol. The first kappa shape index (κ1) is 21.0. The zero-order valence-corrected chi connectivity index (χ0v) is 17.3. The van der Waals surface area contributed by atoms with Crippen LogP contribution in [0.5, 0.6) is 5.75 Å². The first-order valence-corrected chi connectivity index (χ1v) is 10.4. The molecule has 2 aliphatic rings. The van der Waals surface area contributed by atoms with Gasteiger partial charge in [-0.3, -0.25) is 4.79 Å². The van der Waals surface area contributed by atoms with E-state index in [1.807, 2.05) is 31.3 Å². The zero-order valence-electron chi connectivity index (χ0n) is 17.3. The number of aliphatic imine (C=N–C) groups is 1. The number of hydrogen-bond acceptors (Lipinski definition) is 6. The number of aromatic nitrogens is 1. The molecule has 0 aliphatic carbocycles. The maximum Gasteiger partial charge on any atom is 0.272 e. The van der Waals surface area contributed by atoms with Crippen LogP contribution in [0, 0.1) is 5.82 Å². The maximum atomic E-state index is 13.1. The number of likely N-dealkylation sites (tertiary alicyclic amines) is 1. The topological polar surface area (TPSA) is 87.1 Å². The van der Waals surface area contributed by atoms with Gasteiger partial charge in [0.15, 0.2) is 0 Å². The molecule has 2 aliphatic heterocycles. The van der Waals surface area contributed by atoms with E-state index in [0.29, 0.717) is 18.8 Å². The molecular weight excluding hydrogens is 399 g/mol. The van der Waals surface area contributed by atoms with Gasteiger partial charge < -0.3 is 20.1 Å². The first-order valence-electron chi connectivity index (χ1n) is 10.4. The quantitative estimate of drug-likeness (QED) is 0.745. The molecule has 0 radical (unpaired) electrons. The summed E-state index contributed by atoms with van der Waals surface area (Å²) in [6.07, 6.45) is 5.75. The lowest BCUT2D eigenvalue weighted by atomic mass is 9.93. The third kappa shape index (κ3) is 4.59. The Kier molecular flexibility index (Phi) is 6.27. The van der Waals surface area contributed by atoms with Crippen molar-refractivity contribution >= 4 is 12.2 Å². The predicted molar refractivity (Wildman–Crippen MR) is 114 cm³/mol. The fraction of sp³-hybridized carbons (Fsp3) is 0.348. The van der Waals surface area contributed by atoms with Gasteiger partial charge >= 0.3 is 0 Å². The van der Waals surface area contributed by atoms with Gasteiger partial charge in [-0.1, -0.05) is 13.0 Å². The van der Waals surface area contributed by atoms with Gasteiger partial charge in [-0.25, -0.2) is 14.4 Å². The standard InChI is InChI=1S/C23H25FN4O3/c1-2-15-10-25-14-27-22(15)31-19-4-5-20(17(9-19)13-29)16-7-8-28(12-16)23(30)21-6-3-18(24)11-26-21/h3-6,9-11,14,16,22,29H,2,7-8,12-13H2,1H3,(H,25,27). The van der Waals surface area contributed by atoms with Crippen molar-refractivity contribution in [3.63, 3.8) is 0 Å². The van der Waals surface area contributed by atoms with Gasteiger partial charge in [-0.2, -0.15) is 0 Å². The van der Waals surface area contributed by atoms with Crippen molar-refractivity contribution < 1.29 is 19.0 Å². The van der Waals surface area contributed by atoms with Crippen molar-refractivity contribution in [2.75, 3.05) is 13.1 Å². The highest BCUT2D eigenvalue weighted by Crippen LogP contribution is 2.33. The SMILES string of the molecule is CCC1=CNC=NC1Oc1ccc(C2CCN(C(=O)c3ccc(F)cn3)C2)c(CO)c1. The van der Waals surface area contributed by atoms with Gasteiger partial charge in [0.05, 0.1) is 19.1 Å². The highest BCUT2D eigenvalue weighted by Gasteiger charge is 2.30. The molecule has 3 heterocycles. The van der Waals surface area contributed by atoms with Crippen LogP contribution in [0.4, 0.5) is 4.39 Å². The molecule has 2 unspecified atom stereocenters. The van der Waals surface area contributed by atoms with E-state index < -0.39 is 5.82 Å². The van der Waals surface area contributed by atoms with Gasteiger partial charge in [0.1, 0.15) is 17.3 Å². The van der Waals surface area contributed by atoms with E-state index in [4.69, 9.17) is 4.74 Å². The van der Waals surface area contributed by atoms with E-state index in [-0.39, 0.29) is 30.4 Å². The molecule has 0 spiro atoms. The van der Waals surface area contributed by atoms with E-state index in [1.54, 1.807) is 11.2 Å². The van der Waals surface area contributed by atoms with Gasteiger partial charge in [0.2, 0.25) is 6.23 Å². The van der Waals surface area contributed by atoms with Crippen molar-refractivity contribution in [2.45, 2.75) is 38.5 Å². The molecule has 31 heavy (non-hydrogen) atoms. The molecule has 0 bridgehead atoms. The number of benzene rings is 1. The molecule has 0 saturated carbocycles. The number of carbonyl (C=O) groups excluding carboxylic acids is 1. The maximum absolute atomic E-state index is 13.1. The second-order valence-electron chi connectivity index (χ2n) is 7.61. The normalized spacial score (nSPS) is 20.4. The van der Waals surface area contributed by atoms with Gasteiger partial charge in [0, 0.05) is 30.8 Å². The largest absolute Gasteiger partial charge is 0.465 e. The van der Waals surface area contributed by atoms with Crippen molar-refractivity contribution in [2.24, 2.45) is 4.99 Å². The number of aliphatic hydroxyl groups excluding tert-OH is 1. The third-order valence-corrected chi connectivity index (χ3v) is 5.67. The van der Waals surface area contributed by atoms with Gasteiger partial charge in [0.25, 0.3) is 5.91 Å². The summed E-state index contributed by atoms with van der Waals surface area (Å²) in [7, 11) is 0. The molecule has 1 saturated heterocycles. The molecule has 7 nitrogen and oxygen atoms in total. The molecule has 1 amide bonds. The van der Waals surface area contributed by atoms with Crippen LogP contribution in [0.15, 0.2) is 53.3 Å². The number of nitrogens with zero attached hydrogens (tertiary/aromatic N) is 3. The fourth-order valence-corrected chi connectivity index (χ4v) is 3.99. The second-order valence-corrected chi connectivity index (χ2v) is 7.61. The van der Waals surface area contributed by atoms with Crippen LogP contribution in [-0.4, -0.2) is 46.6 Å². The molecule has 2 aromatic rings. The lowest BCUT2D eigenvalue weighted by Gasteiger charge is -2.22. The van der Waals surface area contributed by atoms with Crippen LogP contribution in [0.2, 0.25) is 0 Å². The highest BCUT2D eigenvalue weighted by atomic mass is 19.1. The van der Waals surface area contributed by atoms with Crippen LogP contribution < -0.4 is 10.1 Å². The number of hydrogen-bond donors (Lipinski definition) is 2. The van der Waals surface area contributed by atoms with Crippen molar-refractivity contribution in [3.05, 3.63) is 70.9 Å². The van der Waals surface area contributed by atoms with E-state index in [0.717, 1.165) is 35.7 Å². The van der Waals surface area contributed by atoms with Crippen LogP contribution in [0.3, 0.4) is 0 Å². The number of rotatable bonds is 6. The minimum Gasteiger partial charge on any atom is -0.465 e. The second kappa shape index (κ2) is 9.26. The zero-order chi connectivity index (χ0) is 21.8. The molecular formula is C23H25FN4O3. The number of amides is 1. The molecule has 2 atom stereocenters. The Hall–Kier alpha value is -3.26. The minimum absolute atomic E-state index is 0.101. The smallest absolute Gasteiger partial charge is 0.272 e. The molecule has 1 aromatic carbocycles. The molecule has 1 aromatic heterocycles. The van der Waals surface area contributed by atoms with Crippen LogP contribution in [0.1, 0.15) is 47.3 Å². The Labute approximate surface area is 180 Å². The Morgan fingerprint density at radius 2 is 2.23 bits per heavy atom. The Morgan fingerprint density at radius 3 is 2.97 bits per heavy atom. The lowest BCUT2D eigenvalue weighted by Crippen LogP contribution is -2.29. The molecule has 8 heteroatoms. The van der Waals surface area contributed by atoms with Gasteiger partial charge in [-0.05, 0) is 48.2 Å². The molecule has 1 fully saturated rings. The van der Waals surface area contributed by atoms with Crippen molar-refractivity contribution in [1.82, 2.24) is 15.2 Å². The summed E-state index contributed by atoms with van der Waals surface area (Å²) in [6, 6.07) is 8.31.